The van der Waals surface area contributed by atoms with Gasteiger partial charge in [-0.3, -0.25) is 9.59 Å². The number of amides is 2. The van der Waals surface area contributed by atoms with Crippen LogP contribution in [0, 0.1) is 5.92 Å². The van der Waals surface area contributed by atoms with Crippen molar-refractivity contribution in [2.45, 2.75) is 85.1 Å². The Balaban J connectivity index is 2.80. The van der Waals surface area contributed by atoms with E-state index in [0.717, 1.165) is 11.3 Å². The number of hydrogen-bond donors (Lipinski definition) is 3. The number of carboxylic acid groups (broad SMARTS) is 1. The Morgan fingerprint density at radius 1 is 1.16 bits per heavy atom. The fourth-order valence-corrected chi connectivity index (χ4v) is 3.45. The molecular weight excluding hydrogens is 438 g/mol. The van der Waals surface area contributed by atoms with Gasteiger partial charge < -0.3 is 25.2 Å². The number of aromatic nitrogens is 1. The summed E-state index contributed by atoms with van der Waals surface area (Å²) in [5.74, 6) is -3.15. The minimum Gasteiger partial charge on any atom is -0.479 e. The Kier molecular flexibility index (Phi) is 10.1. The Labute approximate surface area is 192 Å². The van der Waals surface area contributed by atoms with Gasteiger partial charge in [0.05, 0.1) is 17.7 Å². The molecule has 0 bridgehead atoms. The van der Waals surface area contributed by atoms with E-state index in [9.17, 15) is 19.2 Å². The van der Waals surface area contributed by atoms with Gasteiger partial charge in [0, 0.05) is 11.4 Å². The Hall–Kier alpha value is -2.69. The number of alkyl carbamates (subject to hydrolysis) is 1. The second-order valence-corrected chi connectivity index (χ2v) is 9.38. The van der Waals surface area contributed by atoms with Crippen molar-refractivity contribution in [3.8, 4) is 0 Å². The molecule has 0 saturated carbocycles. The first-order valence-electron chi connectivity index (χ1n) is 10.4. The van der Waals surface area contributed by atoms with Crippen molar-refractivity contribution in [2.24, 2.45) is 5.92 Å². The summed E-state index contributed by atoms with van der Waals surface area (Å²) in [5, 5.41) is 16.2. The molecule has 0 aromatic carbocycles. The number of esters is 1. The topological polar surface area (TPSA) is 144 Å². The van der Waals surface area contributed by atoms with E-state index in [1.54, 1.807) is 40.0 Å². The van der Waals surface area contributed by atoms with Crippen LogP contribution in [0.5, 0.6) is 0 Å². The number of rotatable bonds is 10. The largest absolute Gasteiger partial charge is 0.479 e. The van der Waals surface area contributed by atoms with Crippen LogP contribution in [-0.2, 0) is 19.1 Å². The van der Waals surface area contributed by atoms with Gasteiger partial charge in [0.2, 0.25) is 0 Å². The molecule has 0 aliphatic heterocycles. The first kappa shape index (κ1) is 27.3. The molecule has 1 rings (SSSR count). The lowest BCUT2D eigenvalue weighted by molar-refractivity contribution is -0.165. The highest BCUT2D eigenvalue weighted by Crippen LogP contribution is 2.19. The van der Waals surface area contributed by atoms with E-state index >= 15 is 0 Å². The third-order valence-electron chi connectivity index (χ3n) is 4.43. The predicted octanol–water partition coefficient (Wildman–Crippen LogP) is 3.28. The zero-order valence-electron chi connectivity index (χ0n) is 19.6. The summed E-state index contributed by atoms with van der Waals surface area (Å²) in [7, 11) is 0. The van der Waals surface area contributed by atoms with Gasteiger partial charge in [0.15, 0.2) is 11.1 Å². The van der Waals surface area contributed by atoms with Gasteiger partial charge in [-0.2, -0.15) is 0 Å². The van der Waals surface area contributed by atoms with Crippen molar-refractivity contribution < 1.29 is 33.8 Å². The summed E-state index contributed by atoms with van der Waals surface area (Å²) >= 11 is 1.11. The fourth-order valence-electron chi connectivity index (χ4n) is 2.63. The molecule has 0 aliphatic carbocycles. The molecule has 0 saturated heterocycles. The van der Waals surface area contributed by atoms with Gasteiger partial charge in [0.1, 0.15) is 5.60 Å². The lowest BCUT2D eigenvalue weighted by atomic mass is 9.97. The van der Waals surface area contributed by atoms with Gasteiger partial charge >= 0.3 is 18.0 Å². The predicted molar refractivity (Wildman–Crippen MR) is 118 cm³/mol. The van der Waals surface area contributed by atoms with Gasteiger partial charge in [-0.25, -0.2) is 14.6 Å². The number of nitrogens with one attached hydrogen (secondary N) is 2. The van der Waals surface area contributed by atoms with Crippen molar-refractivity contribution in [3.05, 3.63) is 16.1 Å². The third kappa shape index (κ3) is 8.81. The maximum Gasteiger partial charge on any atom is 0.408 e. The third-order valence-corrected chi connectivity index (χ3v) is 5.28. The maximum atomic E-state index is 12.7. The molecule has 3 N–H and O–H groups in total. The molecule has 0 radical (unpaired) electrons. The molecular formula is C21H33N3O7S. The summed E-state index contributed by atoms with van der Waals surface area (Å²) in [4.78, 5) is 52.1. The molecule has 32 heavy (non-hydrogen) atoms. The Bertz CT molecular complexity index is 819. The highest BCUT2D eigenvalue weighted by atomic mass is 32.1. The van der Waals surface area contributed by atoms with Gasteiger partial charge in [0.25, 0.3) is 5.91 Å². The molecule has 1 heterocycles. The monoisotopic (exact) mass is 471 g/mol. The second kappa shape index (κ2) is 11.8. The first-order valence-corrected chi connectivity index (χ1v) is 11.3. The highest BCUT2D eigenvalue weighted by molar-refractivity contribution is 7.11. The van der Waals surface area contributed by atoms with E-state index in [2.05, 4.69) is 15.6 Å². The summed E-state index contributed by atoms with van der Waals surface area (Å²) in [6.07, 6.45) is -0.673. The van der Waals surface area contributed by atoms with E-state index < -0.39 is 53.6 Å². The standard InChI is InChI=1S/C21H33N3O7S/c1-8-9-14(11(2)19(28)30-13(4)18(26)27)23-16(25)17-24-15(10-32-17)12(3)22-20(29)31-21(5,6)7/h10-14H,8-9H2,1-7H3,(H,22,29)(H,23,25)(H,26,27)/t11-,12+,13+,14-/m1/s1. The zero-order chi connectivity index (χ0) is 24.6. The van der Waals surface area contributed by atoms with Crippen molar-refractivity contribution in [3.63, 3.8) is 0 Å². The molecule has 180 valence electrons. The van der Waals surface area contributed by atoms with Crippen LogP contribution in [0.4, 0.5) is 4.79 Å². The molecule has 4 atom stereocenters. The summed E-state index contributed by atoms with van der Waals surface area (Å²) < 4.78 is 10.2. The molecule has 1 aromatic rings. The van der Waals surface area contributed by atoms with Crippen LogP contribution in [0.15, 0.2) is 5.38 Å². The second-order valence-electron chi connectivity index (χ2n) is 8.52. The number of carbonyl (C=O) groups is 4. The van der Waals surface area contributed by atoms with Crippen molar-refractivity contribution in [1.29, 1.82) is 0 Å². The minimum absolute atomic E-state index is 0.179. The molecule has 0 unspecified atom stereocenters. The molecule has 0 aliphatic rings. The summed E-state index contributed by atoms with van der Waals surface area (Å²) in [5.41, 5.74) is -0.133. The fraction of sp³-hybridized carbons (Fsp3) is 0.667. The number of ether oxygens (including phenoxy) is 2. The average Bonchev–Trinajstić information content (AvgIpc) is 3.15. The summed E-state index contributed by atoms with van der Waals surface area (Å²) in [6.45, 7) is 11.8. The van der Waals surface area contributed by atoms with Crippen LogP contribution in [0.25, 0.3) is 0 Å². The molecule has 0 spiro atoms. The number of carboxylic acids is 1. The molecule has 2 amide bonds. The van der Waals surface area contributed by atoms with Crippen LogP contribution in [0.1, 0.15) is 82.8 Å². The van der Waals surface area contributed by atoms with Gasteiger partial charge in [-0.05, 0) is 48.0 Å². The van der Waals surface area contributed by atoms with E-state index in [1.165, 1.54) is 6.92 Å². The SMILES string of the molecule is CCC[C@@H](NC(=O)c1nc([C@H](C)NC(=O)OC(C)(C)C)cs1)[C@@H](C)C(=O)O[C@@H](C)C(=O)O. The molecule has 11 heteroatoms. The quantitative estimate of drug-likeness (QED) is 0.441. The van der Waals surface area contributed by atoms with Crippen molar-refractivity contribution in [2.75, 3.05) is 0 Å². The molecule has 1 aromatic heterocycles. The van der Waals surface area contributed by atoms with E-state index in [1.807, 2.05) is 6.92 Å². The van der Waals surface area contributed by atoms with E-state index in [4.69, 9.17) is 14.6 Å². The average molecular weight is 472 g/mol. The van der Waals surface area contributed by atoms with Gasteiger partial charge in [-0.15, -0.1) is 11.3 Å². The number of aliphatic carboxylic acids is 1. The van der Waals surface area contributed by atoms with Crippen molar-refractivity contribution in [1.82, 2.24) is 15.6 Å². The van der Waals surface area contributed by atoms with Gasteiger partial charge in [-0.1, -0.05) is 13.3 Å². The van der Waals surface area contributed by atoms with E-state index in [0.29, 0.717) is 18.5 Å². The maximum absolute atomic E-state index is 12.7. The first-order chi connectivity index (χ1) is 14.7. The van der Waals surface area contributed by atoms with Crippen LogP contribution in [-0.4, -0.2) is 51.8 Å². The van der Waals surface area contributed by atoms with E-state index in [-0.39, 0.29) is 5.01 Å². The zero-order valence-corrected chi connectivity index (χ0v) is 20.4. The van der Waals surface area contributed by atoms with Crippen LogP contribution in [0.2, 0.25) is 0 Å². The van der Waals surface area contributed by atoms with Crippen molar-refractivity contribution >= 4 is 35.3 Å². The minimum atomic E-state index is -1.27. The number of nitrogens with zero attached hydrogens (tertiary/aromatic N) is 1. The lowest BCUT2D eigenvalue weighted by Crippen LogP contribution is -2.43. The Morgan fingerprint density at radius 3 is 2.31 bits per heavy atom. The lowest BCUT2D eigenvalue weighted by Gasteiger charge is -2.24. The highest BCUT2D eigenvalue weighted by Gasteiger charge is 2.30. The van der Waals surface area contributed by atoms with Crippen LogP contribution in [0.3, 0.4) is 0 Å². The normalized spacial score (nSPS) is 15.1. The molecule has 0 fully saturated rings. The number of thiazole rings is 1. The van der Waals surface area contributed by atoms with Crippen LogP contribution >= 0.6 is 11.3 Å². The van der Waals surface area contributed by atoms with Crippen LogP contribution < -0.4 is 10.6 Å². The Morgan fingerprint density at radius 2 is 1.78 bits per heavy atom. The smallest absolute Gasteiger partial charge is 0.408 e. The number of hydrogen-bond acceptors (Lipinski definition) is 8. The summed E-state index contributed by atoms with van der Waals surface area (Å²) in [6, 6.07) is -1.02. The molecule has 10 nitrogen and oxygen atoms in total. The number of carbonyl (C=O) groups excluding carboxylic acids is 3.